The predicted molar refractivity (Wildman–Crippen MR) is 168 cm³/mol. The van der Waals surface area contributed by atoms with E-state index in [4.69, 9.17) is 14.2 Å². The van der Waals surface area contributed by atoms with Gasteiger partial charge in [-0.1, -0.05) is 37.6 Å². The van der Waals surface area contributed by atoms with Gasteiger partial charge < -0.3 is 24.6 Å². The van der Waals surface area contributed by atoms with Gasteiger partial charge in [-0.15, -0.1) is 0 Å². The first-order valence-electron chi connectivity index (χ1n) is 15.7. The molecular weight excluding hydrogens is 658 g/mol. The van der Waals surface area contributed by atoms with Gasteiger partial charge in [0.15, 0.2) is 0 Å². The molecule has 14 heteroatoms. The number of alkyl halides is 6. The molecule has 1 saturated heterocycles. The predicted octanol–water partition coefficient (Wildman–Crippen LogP) is 7.94. The number of aryl methyl sites for hydroxylation is 1. The van der Waals surface area contributed by atoms with Gasteiger partial charge in [0.1, 0.15) is 28.5 Å². The molecule has 1 fully saturated rings. The number of halogens is 6. The van der Waals surface area contributed by atoms with Crippen molar-refractivity contribution in [1.82, 2.24) is 10.2 Å². The number of carbonyl (C=O) groups is 2. The van der Waals surface area contributed by atoms with E-state index >= 15 is 0 Å². The van der Waals surface area contributed by atoms with Crippen LogP contribution in [0.2, 0.25) is 0 Å². The first-order valence-corrected chi connectivity index (χ1v) is 15.7. The Morgan fingerprint density at radius 1 is 0.837 bits per heavy atom. The number of hydrogen-bond donors (Lipinski definition) is 2. The number of amides is 3. The average molecular weight is 697 g/mol. The van der Waals surface area contributed by atoms with E-state index < -0.39 is 41.0 Å². The van der Waals surface area contributed by atoms with Crippen LogP contribution in [0, 0.1) is 0 Å². The number of urea groups is 1. The lowest BCUT2D eigenvalue weighted by molar-refractivity contribution is -0.376. The second kappa shape index (κ2) is 14.2. The van der Waals surface area contributed by atoms with E-state index in [2.05, 4.69) is 5.32 Å². The summed E-state index contributed by atoms with van der Waals surface area (Å²) in [7, 11) is 0. The zero-order valence-corrected chi connectivity index (χ0v) is 27.6. The minimum atomic E-state index is -6.02. The van der Waals surface area contributed by atoms with Crippen molar-refractivity contribution in [2.75, 3.05) is 13.2 Å². The maximum absolute atomic E-state index is 13.5. The highest BCUT2D eigenvalue weighted by atomic mass is 19.4. The number of ether oxygens (including phenoxy) is 3. The van der Waals surface area contributed by atoms with Gasteiger partial charge in [0.25, 0.3) is 11.5 Å². The molecule has 1 unspecified atom stereocenters. The van der Waals surface area contributed by atoms with Gasteiger partial charge in [-0.2, -0.15) is 26.3 Å². The summed E-state index contributed by atoms with van der Waals surface area (Å²) in [5, 5.41) is 12.6. The lowest BCUT2D eigenvalue weighted by Gasteiger charge is -2.33. The lowest BCUT2D eigenvalue weighted by atomic mass is 9.90. The van der Waals surface area contributed by atoms with Gasteiger partial charge in [-0.05, 0) is 87.6 Å². The Labute approximate surface area is 280 Å². The Kier molecular flexibility index (Phi) is 10.8. The monoisotopic (exact) mass is 696 g/mol. The van der Waals surface area contributed by atoms with E-state index in [-0.39, 0.29) is 49.2 Å². The van der Waals surface area contributed by atoms with Crippen molar-refractivity contribution in [3.05, 3.63) is 82.9 Å². The van der Waals surface area contributed by atoms with Crippen LogP contribution in [0.25, 0.3) is 0 Å². The molecule has 0 aliphatic carbocycles. The number of nitrogens with zero attached hydrogens (tertiary/aromatic N) is 1. The smallest absolute Gasteiger partial charge is 0.430 e. The number of nitrogens with one attached hydrogen (secondary N) is 1. The normalized spacial score (nSPS) is 17.0. The summed E-state index contributed by atoms with van der Waals surface area (Å²) in [4.78, 5) is 27.5. The molecular formula is C35H38F6N2O6. The van der Waals surface area contributed by atoms with Gasteiger partial charge in [0.2, 0.25) is 0 Å². The summed E-state index contributed by atoms with van der Waals surface area (Å²) in [6, 6.07) is 13.1. The summed E-state index contributed by atoms with van der Waals surface area (Å²) >= 11 is 0. The minimum absolute atomic E-state index is 0.00470. The third-order valence-electron chi connectivity index (χ3n) is 8.07. The molecule has 0 spiro atoms. The molecule has 0 saturated carbocycles. The van der Waals surface area contributed by atoms with Crippen molar-refractivity contribution in [2.45, 2.75) is 83.5 Å². The topological polar surface area (TPSA) is 97.3 Å². The van der Waals surface area contributed by atoms with Crippen LogP contribution in [0.3, 0.4) is 0 Å². The number of imide groups is 1. The van der Waals surface area contributed by atoms with Gasteiger partial charge in [0.05, 0.1) is 12.7 Å². The maximum Gasteiger partial charge on any atom is 0.430 e. The Morgan fingerprint density at radius 3 is 2.04 bits per heavy atom. The molecule has 266 valence electrons. The Hall–Kier alpha value is -4.46. The molecule has 49 heavy (non-hydrogen) atoms. The molecule has 4 rings (SSSR count). The van der Waals surface area contributed by atoms with Crippen LogP contribution < -0.4 is 19.5 Å². The molecule has 2 N–H and O–H groups in total. The van der Waals surface area contributed by atoms with Gasteiger partial charge >= 0.3 is 18.4 Å². The van der Waals surface area contributed by atoms with E-state index in [1.165, 1.54) is 12.1 Å². The van der Waals surface area contributed by atoms with Crippen molar-refractivity contribution in [2.24, 2.45) is 0 Å². The third kappa shape index (κ3) is 7.58. The summed E-state index contributed by atoms with van der Waals surface area (Å²) in [5.41, 5.74) is -6.51. The van der Waals surface area contributed by atoms with E-state index in [1.54, 1.807) is 51.1 Å². The van der Waals surface area contributed by atoms with E-state index in [1.807, 2.05) is 13.8 Å². The highest BCUT2D eigenvalue weighted by Gasteiger charge is 2.71. The van der Waals surface area contributed by atoms with Crippen LogP contribution in [0.5, 0.6) is 23.0 Å². The Balaban J connectivity index is 1.54. The fraction of sp³-hybridized carbons (Fsp3) is 0.429. The zero-order chi connectivity index (χ0) is 36.4. The standard InChI is InChI=1S/C35H38F6N2O6/c1-6-8-23-19-25(33(46,34(36,37)38)35(39,40)41)12-16-28(23)49-27-13-9-22(29(20-27)47-7-2)17-18-43-30(44)32(5,42-31(43)45)24-10-14-26(15-11-24)48-21(3)4/h9-16,19-21,46H,6-8,17-18H2,1-5H3,(H,42,45). The molecule has 8 nitrogen and oxygen atoms in total. The minimum Gasteiger partial charge on any atom is -0.493 e. The zero-order valence-electron chi connectivity index (χ0n) is 27.6. The van der Waals surface area contributed by atoms with E-state index in [0.717, 1.165) is 11.0 Å². The number of carbonyl (C=O) groups excluding carboxylic acids is 2. The van der Waals surface area contributed by atoms with Gasteiger partial charge in [0, 0.05) is 18.2 Å². The van der Waals surface area contributed by atoms with Crippen LogP contribution in [0.4, 0.5) is 31.1 Å². The fourth-order valence-electron chi connectivity index (χ4n) is 5.55. The van der Waals surface area contributed by atoms with Crippen LogP contribution >= 0.6 is 0 Å². The molecule has 0 bridgehead atoms. The first-order chi connectivity index (χ1) is 22.8. The molecule has 3 amide bonds. The summed E-state index contributed by atoms with van der Waals surface area (Å²) in [5.74, 6) is 0.692. The Morgan fingerprint density at radius 2 is 1.47 bits per heavy atom. The largest absolute Gasteiger partial charge is 0.493 e. The summed E-state index contributed by atoms with van der Waals surface area (Å²) < 4.78 is 98.4. The van der Waals surface area contributed by atoms with Gasteiger partial charge in [-0.3, -0.25) is 9.69 Å². The SMILES string of the molecule is CCCc1cc(C(O)(C(F)(F)F)C(F)(F)F)ccc1Oc1ccc(CCN2C(=O)NC(C)(c3ccc(OC(C)C)cc3)C2=O)c(OCC)c1. The van der Waals surface area contributed by atoms with E-state index in [0.29, 0.717) is 41.2 Å². The van der Waals surface area contributed by atoms with Crippen LogP contribution in [-0.2, 0) is 28.8 Å². The van der Waals surface area contributed by atoms with Crippen molar-refractivity contribution < 1.29 is 55.2 Å². The maximum atomic E-state index is 13.5. The molecule has 1 atom stereocenters. The lowest BCUT2D eigenvalue weighted by Crippen LogP contribution is -2.53. The number of aliphatic hydroxyl groups is 1. The molecule has 1 heterocycles. The quantitative estimate of drug-likeness (QED) is 0.139. The van der Waals surface area contributed by atoms with Crippen molar-refractivity contribution >= 4 is 11.9 Å². The molecule has 3 aromatic carbocycles. The Bertz CT molecular complexity index is 1640. The average Bonchev–Trinajstić information content (AvgIpc) is 3.23. The molecule has 3 aromatic rings. The second-order valence-corrected chi connectivity index (χ2v) is 12.0. The number of benzene rings is 3. The van der Waals surface area contributed by atoms with Gasteiger partial charge in [-0.25, -0.2) is 4.79 Å². The number of hydrogen-bond acceptors (Lipinski definition) is 6. The molecule has 0 aromatic heterocycles. The second-order valence-electron chi connectivity index (χ2n) is 12.0. The summed E-state index contributed by atoms with van der Waals surface area (Å²) in [6.45, 7) is 9.07. The highest BCUT2D eigenvalue weighted by molar-refractivity contribution is 6.07. The van der Waals surface area contributed by atoms with Crippen molar-refractivity contribution in [3.8, 4) is 23.0 Å². The fourth-order valence-corrected chi connectivity index (χ4v) is 5.55. The first kappa shape index (κ1) is 37.4. The molecule has 1 aliphatic heterocycles. The highest BCUT2D eigenvalue weighted by Crippen LogP contribution is 2.51. The van der Waals surface area contributed by atoms with Crippen molar-refractivity contribution in [1.29, 1.82) is 0 Å². The van der Waals surface area contributed by atoms with Crippen LogP contribution in [0.15, 0.2) is 60.7 Å². The molecule has 0 radical (unpaired) electrons. The van der Waals surface area contributed by atoms with Crippen LogP contribution in [-0.4, -0.2) is 53.6 Å². The molecule has 1 aliphatic rings. The van der Waals surface area contributed by atoms with E-state index in [9.17, 15) is 41.0 Å². The van der Waals surface area contributed by atoms with Crippen LogP contribution in [0.1, 0.15) is 63.3 Å². The van der Waals surface area contributed by atoms with Crippen molar-refractivity contribution in [3.63, 3.8) is 0 Å². The third-order valence-corrected chi connectivity index (χ3v) is 8.07. The summed E-state index contributed by atoms with van der Waals surface area (Å²) in [6.07, 6.45) is -11.5. The number of rotatable bonds is 13.